The fourth-order valence-electron chi connectivity index (χ4n) is 4.22. The van der Waals surface area contributed by atoms with Crippen molar-refractivity contribution in [2.45, 2.75) is 58.8 Å². The first kappa shape index (κ1) is 13.4. The predicted molar refractivity (Wildman–Crippen MR) is 76.7 cm³/mol. The second kappa shape index (κ2) is 4.46. The monoisotopic (exact) mass is 262 g/mol. The van der Waals surface area contributed by atoms with Crippen LogP contribution in [0.1, 0.15) is 46.5 Å². The molecule has 2 heteroatoms. The van der Waals surface area contributed by atoms with E-state index < -0.39 is 0 Å². The maximum Gasteiger partial charge on any atom is 0.157 e. The molecule has 1 saturated carbocycles. The minimum Gasteiger partial charge on any atom is -0.353 e. The van der Waals surface area contributed by atoms with Crippen molar-refractivity contribution in [3.63, 3.8) is 0 Å². The first-order valence-corrected chi connectivity index (χ1v) is 7.61. The van der Waals surface area contributed by atoms with Crippen LogP contribution in [0.25, 0.3) is 0 Å². The van der Waals surface area contributed by atoms with E-state index in [0.29, 0.717) is 12.0 Å². The molecule has 1 aliphatic heterocycles. The molecule has 2 fully saturated rings. The summed E-state index contributed by atoms with van der Waals surface area (Å²) in [7, 11) is 0. The standard InChI is InChI=1S/C17H26O2/c1-5-12-11-17(4)14(10-13(12)16(17,2)3)19-15-8-6-7-9-18-15/h5,11,13-15H,1,6-10H2,2-4H3/t13-,14-,15?,17-/m1/s1. The highest BCUT2D eigenvalue weighted by molar-refractivity contribution is 5.38. The molecule has 1 heterocycles. The van der Waals surface area contributed by atoms with Crippen LogP contribution in [-0.4, -0.2) is 19.0 Å². The van der Waals surface area contributed by atoms with Crippen LogP contribution in [-0.2, 0) is 9.47 Å². The second-order valence-corrected chi connectivity index (χ2v) is 7.06. The molecule has 2 nitrogen and oxygen atoms in total. The third-order valence-corrected chi connectivity index (χ3v) is 5.94. The Bertz CT molecular complexity index is 403. The van der Waals surface area contributed by atoms with Gasteiger partial charge in [-0.2, -0.15) is 0 Å². The summed E-state index contributed by atoms with van der Waals surface area (Å²) < 4.78 is 12.1. The number of ether oxygens (including phenoxy) is 2. The molecule has 0 spiro atoms. The molecule has 0 N–H and O–H groups in total. The molecule has 3 aliphatic rings. The zero-order valence-electron chi connectivity index (χ0n) is 12.4. The van der Waals surface area contributed by atoms with Crippen molar-refractivity contribution in [2.24, 2.45) is 16.7 Å². The Morgan fingerprint density at radius 2 is 2.16 bits per heavy atom. The Labute approximate surface area is 116 Å². The molecule has 0 radical (unpaired) electrons. The first-order chi connectivity index (χ1) is 8.99. The maximum absolute atomic E-state index is 6.32. The van der Waals surface area contributed by atoms with Crippen molar-refractivity contribution < 1.29 is 9.47 Å². The van der Waals surface area contributed by atoms with Crippen molar-refractivity contribution in [3.05, 3.63) is 24.3 Å². The Balaban J connectivity index is 1.78. The fraction of sp³-hybridized carbons (Fsp3) is 0.765. The Morgan fingerprint density at radius 1 is 1.37 bits per heavy atom. The number of allylic oxidation sites excluding steroid dienone is 2. The molecular weight excluding hydrogens is 236 g/mol. The minimum atomic E-state index is 0.0197. The maximum atomic E-state index is 6.32. The second-order valence-electron chi connectivity index (χ2n) is 7.06. The highest BCUT2D eigenvalue weighted by atomic mass is 16.7. The van der Waals surface area contributed by atoms with Gasteiger partial charge in [-0.1, -0.05) is 39.5 Å². The average molecular weight is 262 g/mol. The smallest absolute Gasteiger partial charge is 0.157 e. The van der Waals surface area contributed by atoms with Crippen LogP contribution >= 0.6 is 0 Å². The molecule has 0 aromatic carbocycles. The summed E-state index contributed by atoms with van der Waals surface area (Å²) in [5.41, 5.74) is 1.79. The lowest BCUT2D eigenvalue weighted by Gasteiger charge is -2.39. The van der Waals surface area contributed by atoms with Gasteiger partial charge in [-0.25, -0.2) is 0 Å². The molecule has 19 heavy (non-hydrogen) atoms. The van der Waals surface area contributed by atoms with Gasteiger partial charge in [0.1, 0.15) is 0 Å². The normalized spacial score (nSPS) is 44.2. The van der Waals surface area contributed by atoms with Crippen LogP contribution in [0.2, 0.25) is 0 Å². The van der Waals surface area contributed by atoms with E-state index in [9.17, 15) is 0 Å². The number of hydrogen-bond acceptors (Lipinski definition) is 2. The SMILES string of the molecule is C=CC1=C[C@]2(C)[C@H](OC3CCCCO3)C[C@H]1C2(C)C. The van der Waals surface area contributed by atoms with E-state index in [-0.39, 0.29) is 17.1 Å². The van der Waals surface area contributed by atoms with Gasteiger partial charge in [-0.3, -0.25) is 0 Å². The molecule has 3 rings (SSSR count). The van der Waals surface area contributed by atoms with Gasteiger partial charge in [0.15, 0.2) is 6.29 Å². The summed E-state index contributed by atoms with van der Waals surface area (Å²) in [6.07, 6.45) is 9.32. The van der Waals surface area contributed by atoms with Gasteiger partial charge in [0.25, 0.3) is 0 Å². The number of fused-ring (bicyclic) bond motifs is 2. The predicted octanol–water partition coefficient (Wildman–Crippen LogP) is 4.08. The van der Waals surface area contributed by atoms with Crippen molar-refractivity contribution in [2.75, 3.05) is 6.61 Å². The van der Waals surface area contributed by atoms with Crippen molar-refractivity contribution in [1.29, 1.82) is 0 Å². The van der Waals surface area contributed by atoms with Crippen LogP contribution in [0.3, 0.4) is 0 Å². The topological polar surface area (TPSA) is 18.5 Å². The lowest BCUT2D eigenvalue weighted by atomic mass is 9.69. The molecule has 106 valence electrons. The van der Waals surface area contributed by atoms with E-state index in [4.69, 9.17) is 9.47 Å². The van der Waals surface area contributed by atoms with Crippen LogP contribution < -0.4 is 0 Å². The molecule has 1 unspecified atom stereocenters. The highest BCUT2D eigenvalue weighted by Crippen LogP contribution is 2.65. The summed E-state index contributed by atoms with van der Waals surface area (Å²) >= 11 is 0. The third kappa shape index (κ3) is 1.84. The largest absolute Gasteiger partial charge is 0.353 e. The van der Waals surface area contributed by atoms with Crippen LogP contribution in [0.15, 0.2) is 24.3 Å². The fourth-order valence-corrected chi connectivity index (χ4v) is 4.22. The van der Waals surface area contributed by atoms with Gasteiger partial charge in [0, 0.05) is 12.0 Å². The average Bonchev–Trinajstić information content (AvgIpc) is 2.70. The Kier molecular flexibility index (Phi) is 3.14. The highest BCUT2D eigenvalue weighted by Gasteiger charge is 2.61. The zero-order chi connectivity index (χ0) is 13.7. The van der Waals surface area contributed by atoms with E-state index in [1.54, 1.807) is 0 Å². The van der Waals surface area contributed by atoms with E-state index in [1.807, 2.05) is 6.08 Å². The molecule has 0 aromatic rings. The zero-order valence-corrected chi connectivity index (χ0v) is 12.4. The van der Waals surface area contributed by atoms with Crippen LogP contribution in [0, 0.1) is 16.7 Å². The summed E-state index contributed by atoms with van der Waals surface area (Å²) in [5, 5.41) is 0. The lowest BCUT2D eigenvalue weighted by molar-refractivity contribution is -0.205. The van der Waals surface area contributed by atoms with Crippen LogP contribution in [0.4, 0.5) is 0 Å². The van der Waals surface area contributed by atoms with Gasteiger partial charge >= 0.3 is 0 Å². The van der Waals surface area contributed by atoms with Gasteiger partial charge < -0.3 is 9.47 Å². The molecule has 2 bridgehead atoms. The van der Waals surface area contributed by atoms with Crippen molar-refractivity contribution in [3.8, 4) is 0 Å². The van der Waals surface area contributed by atoms with Crippen molar-refractivity contribution in [1.82, 2.24) is 0 Å². The molecule has 0 aromatic heterocycles. The molecule has 4 atom stereocenters. The quantitative estimate of drug-likeness (QED) is 0.763. The summed E-state index contributed by atoms with van der Waals surface area (Å²) in [6.45, 7) is 11.9. The Morgan fingerprint density at radius 3 is 2.68 bits per heavy atom. The Hall–Kier alpha value is -0.600. The third-order valence-electron chi connectivity index (χ3n) is 5.94. The molecule has 1 saturated heterocycles. The summed E-state index contributed by atoms with van der Waals surface area (Å²) in [6, 6.07) is 0. The minimum absolute atomic E-state index is 0.0197. The summed E-state index contributed by atoms with van der Waals surface area (Å²) in [4.78, 5) is 0. The van der Waals surface area contributed by atoms with Crippen molar-refractivity contribution >= 4 is 0 Å². The van der Waals surface area contributed by atoms with Gasteiger partial charge in [-0.05, 0) is 42.6 Å². The number of hydrogen-bond donors (Lipinski definition) is 0. The van der Waals surface area contributed by atoms with Gasteiger partial charge in [0.05, 0.1) is 6.10 Å². The molecule has 0 amide bonds. The summed E-state index contributed by atoms with van der Waals surface area (Å²) in [5.74, 6) is 0.587. The van der Waals surface area contributed by atoms with Gasteiger partial charge in [0.2, 0.25) is 0 Å². The van der Waals surface area contributed by atoms with E-state index in [0.717, 1.165) is 19.4 Å². The number of rotatable bonds is 3. The van der Waals surface area contributed by atoms with E-state index in [1.165, 1.54) is 18.4 Å². The van der Waals surface area contributed by atoms with E-state index >= 15 is 0 Å². The lowest BCUT2D eigenvalue weighted by Crippen LogP contribution is -2.39. The molecular formula is C17H26O2. The molecule has 2 aliphatic carbocycles. The van der Waals surface area contributed by atoms with E-state index in [2.05, 4.69) is 33.4 Å². The van der Waals surface area contributed by atoms with Gasteiger partial charge in [-0.15, -0.1) is 0 Å². The first-order valence-electron chi connectivity index (χ1n) is 7.61. The van der Waals surface area contributed by atoms with Crippen LogP contribution in [0.5, 0.6) is 0 Å².